The van der Waals surface area contributed by atoms with Crippen molar-refractivity contribution in [3.63, 3.8) is 0 Å². The highest BCUT2D eigenvalue weighted by Crippen LogP contribution is 2.32. The Morgan fingerprint density at radius 3 is 2.62 bits per heavy atom. The van der Waals surface area contributed by atoms with Crippen molar-refractivity contribution in [2.24, 2.45) is 5.41 Å². The molecule has 16 heavy (non-hydrogen) atoms. The van der Waals surface area contributed by atoms with Gasteiger partial charge in [-0.3, -0.25) is 4.79 Å². The van der Waals surface area contributed by atoms with Crippen molar-refractivity contribution in [3.8, 4) is 0 Å². The Bertz CT molecular complexity index is 357. The number of allylic oxidation sites excluding steroid dienone is 5. The van der Waals surface area contributed by atoms with Crippen molar-refractivity contribution in [2.75, 3.05) is 6.61 Å². The smallest absolute Gasteiger partial charge is 0.315 e. The van der Waals surface area contributed by atoms with Crippen LogP contribution in [0.25, 0.3) is 0 Å². The Morgan fingerprint density at radius 2 is 2.19 bits per heavy atom. The zero-order valence-corrected chi connectivity index (χ0v) is 10.5. The Morgan fingerprint density at radius 1 is 1.50 bits per heavy atom. The summed E-state index contributed by atoms with van der Waals surface area (Å²) in [5.41, 5.74) is 1.77. The lowest BCUT2D eigenvalue weighted by Gasteiger charge is -2.25. The van der Waals surface area contributed by atoms with Gasteiger partial charge in [0.25, 0.3) is 0 Å². The third-order valence-corrected chi connectivity index (χ3v) is 2.91. The maximum absolute atomic E-state index is 11.8. The summed E-state index contributed by atoms with van der Waals surface area (Å²) in [4.78, 5) is 11.8. The van der Waals surface area contributed by atoms with Gasteiger partial charge in [-0.05, 0) is 45.3 Å². The molecular formula is C14H20O2. The highest BCUT2D eigenvalue weighted by Gasteiger charge is 2.32. The highest BCUT2D eigenvalue weighted by atomic mass is 16.5. The van der Waals surface area contributed by atoms with E-state index in [0.29, 0.717) is 6.61 Å². The van der Waals surface area contributed by atoms with Crippen LogP contribution < -0.4 is 0 Å². The second-order valence-electron chi connectivity index (χ2n) is 4.41. The normalized spacial score (nSPS) is 18.5. The van der Waals surface area contributed by atoms with Gasteiger partial charge in [-0.2, -0.15) is 0 Å². The first kappa shape index (κ1) is 12.8. The predicted octanol–water partition coefficient (Wildman–Crippen LogP) is 3.41. The zero-order chi connectivity index (χ0) is 12.2. The molecule has 1 aliphatic carbocycles. The minimum Gasteiger partial charge on any atom is -0.465 e. The molecule has 0 radical (unpaired) electrons. The highest BCUT2D eigenvalue weighted by molar-refractivity contribution is 5.80. The molecule has 0 unspecified atom stereocenters. The van der Waals surface area contributed by atoms with E-state index in [9.17, 15) is 4.79 Å². The molecule has 0 spiro atoms. The van der Waals surface area contributed by atoms with Crippen molar-refractivity contribution < 1.29 is 9.53 Å². The van der Waals surface area contributed by atoms with E-state index >= 15 is 0 Å². The Hall–Kier alpha value is -1.31. The lowest BCUT2D eigenvalue weighted by Crippen LogP contribution is -2.28. The average molecular weight is 220 g/mol. The first-order valence-corrected chi connectivity index (χ1v) is 5.73. The fourth-order valence-electron chi connectivity index (χ4n) is 1.67. The summed E-state index contributed by atoms with van der Waals surface area (Å²) in [6.07, 6.45) is 9.16. The summed E-state index contributed by atoms with van der Waals surface area (Å²) < 4.78 is 5.08. The molecule has 1 aliphatic rings. The monoisotopic (exact) mass is 220 g/mol. The van der Waals surface area contributed by atoms with E-state index in [1.165, 1.54) is 5.57 Å². The third kappa shape index (κ3) is 2.63. The van der Waals surface area contributed by atoms with Crippen LogP contribution in [0.4, 0.5) is 0 Å². The third-order valence-electron chi connectivity index (χ3n) is 2.91. The van der Waals surface area contributed by atoms with Gasteiger partial charge in [-0.1, -0.05) is 24.3 Å². The van der Waals surface area contributed by atoms with Gasteiger partial charge in [0.1, 0.15) is 0 Å². The number of hydrogen-bond donors (Lipinski definition) is 0. The molecule has 0 heterocycles. The molecule has 1 rings (SSSR count). The van der Waals surface area contributed by atoms with Crippen LogP contribution in [0.15, 0.2) is 35.5 Å². The minimum absolute atomic E-state index is 0.158. The number of carbonyl (C=O) groups is 1. The van der Waals surface area contributed by atoms with Crippen molar-refractivity contribution in [2.45, 2.75) is 34.1 Å². The summed E-state index contributed by atoms with van der Waals surface area (Å²) in [6, 6.07) is 0. The fourth-order valence-corrected chi connectivity index (χ4v) is 1.67. The largest absolute Gasteiger partial charge is 0.465 e. The van der Waals surface area contributed by atoms with Gasteiger partial charge in [0.15, 0.2) is 0 Å². The van der Waals surface area contributed by atoms with Gasteiger partial charge in [-0.15, -0.1) is 0 Å². The molecule has 0 aliphatic heterocycles. The molecule has 88 valence electrons. The molecule has 0 fully saturated rings. The quantitative estimate of drug-likeness (QED) is 0.681. The fraction of sp³-hybridized carbons (Fsp3) is 0.500. The lowest BCUT2D eigenvalue weighted by molar-refractivity contribution is -0.151. The summed E-state index contributed by atoms with van der Waals surface area (Å²) in [6.45, 7) is 8.09. The molecule has 0 bridgehead atoms. The molecule has 0 aromatic rings. The second-order valence-corrected chi connectivity index (χ2v) is 4.41. The first-order chi connectivity index (χ1) is 7.52. The van der Waals surface area contributed by atoms with Gasteiger partial charge >= 0.3 is 5.97 Å². The molecule has 2 nitrogen and oxygen atoms in total. The first-order valence-electron chi connectivity index (χ1n) is 5.73. The van der Waals surface area contributed by atoms with Crippen LogP contribution in [0, 0.1) is 5.41 Å². The van der Waals surface area contributed by atoms with Crippen molar-refractivity contribution in [1.29, 1.82) is 0 Å². The van der Waals surface area contributed by atoms with E-state index in [0.717, 1.165) is 12.0 Å². The molecule has 0 saturated carbocycles. The summed E-state index contributed by atoms with van der Waals surface area (Å²) in [5, 5.41) is 0. The van der Waals surface area contributed by atoms with Crippen molar-refractivity contribution >= 4 is 5.97 Å². The van der Waals surface area contributed by atoms with Gasteiger partial charge in [0.05, 0.1) is 12.0 Å². The predicted molar refractivity (Wildman–Crippen MR) is 66.0 cm³/mol. The van der Waals surface area contributed by atoms with E-state index in [4.69, 9.17) is 4.74 Å². The van der Waals surface area contributed by atoms with E-state index in [1.807, 2.05) is 33.8 Å². The van der Waals surface area contributed by atoms with Crippen LogP contribution in [0.2, 0.25) is 0 Å². The number of carbonyl (C=O) groups excluding carboxylic acids is 1. The number of ether oxygens (including phenoxy) is 1. The van der Waals surface area contributed by atoms with E-state index in [-0.39, 0.29) is 5.97 Å². The van der Waals surface area contributed by atoms with Gasteiger partial charge in [0.2, 0.25) is 0 Å². The van der Waals surface area contributed by atoms with Crippen LogP contribution in [-0.2, 0) is 9.53 Å². The molecular weight excluding hydrogens is 200 g/mol. The number of esters is 1. The van der Waals surface area contributed by atoms with Crippen molar-refractivity contribution in [1.82, 2.24) is 0 Å². The second kappa shape index (κ2) is 5.15. The Kier molecular flexibility index (Phi) is 4.11. The van der Waals surface area contributed by atoms with Crippen LogP contribution in [0.1, 0.15) is 34.1 Å². The summed E-state index contributed by atoms with van der Waals surface area (Å²) in [5.74, 6) is -0.158. The standard InChI is InChI=1S/C14H20O2/c1-5-11-7-9-12(10-8-11)14(3,4)13(15)16-6-2/h5,7,9-10H,6,8H2,1-4H3/b11-5+. The topological polar surface area (TPSA) is 26.3 Å². The molecule has 0 aromatic heterocycles. The van der Waals surface area contributed by atoms with E-state index in [1.54, 1.807) is 0 Å². The van der Waals surface area contributed by atoms with Gasteiger partial charge < -0.3 is 4.74 Å². The van der Waals surface area contributed by atoms with Crippen LogP contribution in [0.3, 0.4) is 0 Å². The van der Waals surface area contributed by atoms with Crippen LogP contribution in [0.5, 0.6) is 0 Å². The maximum atomic E-state index is 11.8. The van der Waals surface area contributed by atoms with E-state index in [2.05, 4.69) is 18.2 Å². The zero-order valence-electron chi connectivity index (χ0n) is 10.5. The molecule has 0 amide bonds. The lowest BCUT2D eigenvalue weighted by atomic mass is 9.81. The molecule has 0 atom stereocenters. The van der Waals surface area contributed by atoms with Gasteiger partial charge in [0, 0.05) is 0 Å². The Labute approximate surface area is 97.7 Å². The van der Waals surface area contributed by atoms with E-state index < -0.39 is 5.41 Å². The molecule has 0 saturated heterocycles. The maximum Gasteiger partial charge on any atom is 0.315 e. The van der Waals surface area contributed by atoms with Crippen LogP contribution in [-0.4, -0.2) is 12.6 Å². The Balaban J connectivity index is 2.83. The molecule has 2 heteroatoms. The summed E-state index contributed by atoms with van der Waals surface area (Å²) >= 11 is 0. The average Bonchev–Trinajstić information content (AvgIpc) is 2.29. The number of rotatable bonds is 3. The van der Waals surface area contributed by atoms with Gasteiger partial charge in [-0.25, -0.2) is 0 Å². The SMILES string of the molecule is C/C=C1\C=CC(C(C)(C)C(=O)OCC)=CC1. The van der Waals surface area contributed by atoms with Crippen LogP contribution >= 0.6 is 0 Å². The molecule has 0 aromatic carbocycles. The van der Waals surface area contributed by atoms with Crippen molar-refractivity contribution in [3.05, 3.63) is 35.5 Å². The minimum atomic E-state index is -0.550. The molecule has 0 N–H and O–H groups in total. The number of hydrogen-bond acceptors (Lipinski definition) is 2. The summed E-state index contributed by atoms with van der Waals surface area (Å²) in [7, 11) is 0.